The van der Waals surface area contributed by atoms with Crippen molar-refractivity contribution in [3.05, 3.63) is 75.6 Å². The van der Waals surface area contributed by atoms with Crippen LogP contribution in [0.15, 0.2) is 53.3 Å². The van der Waals surface area contributed by atoms with Crippen molar-refractivity contribution in [2.24, 2.45) is 0 Å². The summed E-state index contributed by atoms with van der Waals surface area (Å²) in [5, 5.41) is 3.64. The first-order valence-corrected chi connectivity index (χ1v) is 8.83. The molecule has 2 aromatic carbocycles. The number of rotatable bonds is 4. The molecule has 1 N–H and O–H groups in total. The molecule has 0 aliphatic carbocycles. The van der Waals surface area contributed by atoms with E-state index in [0.29, 0.717) is 11.3 Å². The van der Waals surface area contributed by atoms with E-state index < -0.39 is 6.04 Å². The first-order valence-electron chi connectivity index (χ1n) is 8.83. The van der Waals surface area contributed by atoms with Gasteiger partial charge in [0.25, 0.3) is 5.56 Å². The summed E-state index contributed by atoms with van der Waals surface area (Å²) in [5.74, 6) is -0.324. The third kappa shape index (κ3) is 3.53. The van der Waals surface area contributed by atoms with Crippen molar-refractivity contribution in [2.45, 2.75) is 33.7 Å². The Morgan fingerprint density at radius 3 is 2.30 bits per heavy atom. The SMILES string of the molecule is CC(=O)Nc1ccc(C(=O)C(C)n2c(=O)cc(C)c3cccc(C)c32)cc1. The minimum absolute atomic E-state index is 0.153. The molecule has 0 spiro atoms. The lowest BCUT2D eigenvalue weighted by atomic mass is 10.0. The molecule has 0 saturated carbocycles. The Morgan fingerprint density at radius 2 is 1.67 bits per heavy atom. The van der Waals surface area contributed by atoms with Gasteiger partial charge < -0.3 is 5.32 Å². The summed E-state index contributed by atoms with van der Waals surface area (Å²) in [5.41, 5.74) is 3.57. The lowest BCUT2D eigenvalue weighted by molar-refractivity contribution is -0.114. The van der Waals surface area contributed by atoms with Gasteiger partial charge in [-0.2, -0.15) is 0 Å². The molecule has 27 heavy (non-hydrogen) atoms. The number of fused-ring (bicyclic) bond motifs is 1. The molecule has 1 unspecified atom stereocenters. The van der Waals surface area contributed by atoms with Crippen LogP contribution in [-0.4, -0.2) is 16.3 Å². The Balaban J connectivity index is 2.06. The Hall–Kier alpha value is -3.21. The molecule has 1 heterocycles. The molecule has 1 atom stereocenters. The van der Waals surface area contributed by atoms with Crippen LogP contribution >= 0.6 is 0 Å². The van der Waals surface area contributed by atoms with E-state index in [9.17, 15) is 14.4 Å². The minimum Gasteiger partial charge on any atom is -0.326 e. The van der Waals surface area contributed by atoms with Gasteiger partial charge in [-0.25, -0.2) is 0 Å². The number of nitrogens with one attached hydrogen (secondary N) is 1. The van der Waals surface area contributed by atoms with Crippen molar-refractivity contribution in [3.8, 4) is 0 Å². The number of nitrogens with zero attached hydrogens (tertiary/aromatic N) is 1. The maximum Gasteiger partial charge on any atom is 0.251 e. The Bertz CT molecular complexity index is 1090. The van der Waals surface area contributed by atoms with E-state index in [-0.39, 0.29) is 17.2 Å². The van der Waals surface area contributed by atoms with Crippen molar-refractivity contribution < 1.29 is 9.59 Å². The molecule has 0 aliphatic rings. The van der Waals surface area contributed by atoms with Gasteiger partial charge in [-0.05, 0) is 56.2 Å². The largest absolute Gasteiger partial charge is 0.326 e. The second kappa shape index (κ2) is 7.19. The third-order valence-electron chi connectivity index (χ3n) is 4.74. The standard InChI is InChI=1S/C22H22N2O3/c1-13-6-5-7-19-14(2)12-20(26)24(21(13)19)15(3)22(27)17-8-10-18(11-9-17)23-16(4)25/h5-12,15H,1-4H3,(H,23,25). The first-order chi connectivity index (χ1) is 12.8. The van der Waals surface area contributed by atoms with Gasteiger partial charge in [0, 0.05) is 29.6 Å². The highest BCUT2D eigenvalue weighted by Gasteiger charge is 2.21. The van der Waals surface area contributed by atoms with E-state index in [1.54, 1.807) is 41.8 Å². The van der Waals surface area contributed by atoms with Crippen LogP contribution in [0.25, 0.3) is 10.9 Å². The zero-order valence-corrected chi connectivity index (χ0v) is 15.9. The molecule has 0 aliphatic heterocycles. The summed E-state index contributed by atoms with van der Waals surface area (Å²) < 4.78 is 1.57. The number of anilines is 1. The number of hydrogen-bond donors (Lipinski definition) is 1. The van der Waals surface area contributed by atoms with Crippen LogP contribution < -0.4 is 10.9 Å². The van der Waals surface area contributed by atoms with Crippen LogP contribution in [0.2, 0.25) is 0 Å². The molecule has 5 heteroatoms. The maximum absolute atomic E-state index is 13.0. The molecule has 1 aromatic heterocycles. The molecule has 0 saturated heterocycles. The van der Waals surface area contributed by atoms with E-state index in [1.807, 2.05) is 32.0 Å². The fourth-order valence-electron chi connectivity index (χ4n) is 3.40. The number of benzene rings is 2. The molecular formula is C22H22N2O3. The molecule has 138 valence electrons. The van der Waals surface area contributed by atoms with Crippen LogP contribution in [0.5, 0.6) is 0 Å². The van der Waals surface area contributed by atoms with Crippen molar-refractivity contribution >= 4 is 28.3 Å². The highest BCUT2D eigenvalue weighted by atomic mass is 16.2. The number of pyridine rings is 1. The van der Waals surface area contributed by atoms with Crippen LogP contribution in [0.3, 0.4) is 0 Å². The van der Waals surface area contributed by atoms with Crippen LogP contribution in [0.1, 0.15) is 41.4 Å². The van der Waals surface area contributed by atoms with Gasteiger partial charge in [0.2, 0.25) is 5.91 Å². The van der Waals surface area contributed by atoms with Crippen LogP contribution in [0, 0.1) is 13.8 Å². The molecule has 0 fully saturated rings. The van der Waals surface area contributed by atoms with Gasteiger partial charge in [0.1, 0.15) is 0 Å². The van der Waals surface area contributed by atoms with Crippen molar-refractivity contribution in [1.29, 1.82) is 0 Å². The fraction of sp³-hybridized carbons (Fsp3) is 0.227. The van der Waals surface area contributed by atoms with E-state index >= 15 is 0 Å². The van der Waals surface area contributed by atoms with Gasteiger partial charge in [-0.1, -0.05) is 18.2 Å². The topological polar surface area (TPSA) is 68.2 Å². The van der Waals surface area contributed by atoms with Gasteiger partial charge >= 0.3 is 0 Å². The monoisotopic (exact) mass is 362 g/mol. The quantitative estimate of drug-likeness (QED) is 0.713. The Labute approximate surface area is 157 Å². The highest BCUT2D eigenvalue weighted by Crippen LogP contribution is 2.24. The lowest BCUT2D eigenvalue weighted by Crippen LogP contribution is -2.29. The van der Waals surface area contributed by atoms with Crippen molar-refractivity contribution in [3.63, 3.8) is 0 Å². The second-order valence-corrected chi connectivity index (χ2v) is 6.81. The summed E-state index contributed by atoms with van der Waals surface area (Å²) in [6, 6.07) is 13.5. The van der Waals surface area contributed by atoms with E-state index in [4.69, 9.17) is 0 Å². The number of carbonyl (C=O) groups is 2. The summed E-state index contributed by atoms with van der Waals surface area (Å²) in [6.45, 7) is 7.02. The average molecular weight is 362 g/mol. The summed E-state index contributed by atoms with van der Waals surface area (Å²) in [4.78, 5) is 36.9. The molecule has 3 rings (SSSR count). The predicted octanol–water partition coefficient (Wildman–Crippen LogP) is 4.02. The van der Waals surface area contributed by atoms with Crippen LogP contribution in [0.4, 0.5) is 5.69 Å². The Kier molecular flexibility index (Phi) is 4.95. The first kappa shape index (κ1) is 18.6. The smallest absolute Gasteiger partial charge is 0.251 e. The lowest BCUT2D eigenvalue weighted by Gasteiger charge is -2.19. The van der Waals surface area contributed by atoms with Gasteiger partial charge in [-0.3, -0.25) is 19.0 Å². The molecule has 0 bridgehead atoms. The predicted molar refractivity (Wildman–Crippen MR) is 107 cm³/mol. The fourth-order valence-corrected chi connectivity index (χ4v) is 3.40. The number of ketones is 1. The normalized spacial score (nSPS) is 12.0. The molecular weight excluding hydrogens is 340 g/mol. The average Bonchev–Trinajstić information content (AvgIpc) is 2.62. The van der Waals surface area contributed by atoms with Gasteiger partial charge in [0.15, 0.2) is 5.78 Å². The number of aryl methyl sites for hydroxylation is 2. The number of carbonyl (C=O) groups excluding carboxylic acids is 2. The zero-order valence-electron chi connectivity index (χ0n) is 15.9. The second-order valence-electron chi connectivity index (χ2n) is 6.81. The van der Waals surface area contributed by atoms with E-state index in [0.717, 1.165) is 22.0 Å². The summed E-state index contributed by atoms with van der Waals surface area (Å²) in [7, 11) is 0. The summed E-state index contributed by atoms with van der Waals surface area (Å²) in [6.07, 6.45) is 0. The summed E-state index contributed by atoms with van der Waals surface area (Å²) >= 11 is 0. The number of para-hydroxylation sites is 1. The maximum atomic E-state index is 13.0. The number of amides is 1. The third-order valence-corrected chi connectivity index (χ3v) is 4.74. The Morgan fingerprint density at radius 1 is 1.00 bits per heavy atom. The number of aromatic nitrogens is 1. The molecule has 1 amide bonds. The van der Waals surface area contributed by atoms with Gasteiger partial charge in [-0.15, -0.1) is 0 Å². The van der Waals surface area contributed by atoms with Gasteiger partial charge in [0.05, 0.1) is 11.6 Å². The zero-order chi connectivity index (χ0) is 19.7. The van der Waals surface area contributed by atoms with E-state index in [2.05, 4.69) is 5.32 Å². The molecule has 5 nitrogen and oxygen atoms in total. The van der Waals surface area contributed by atoms with E-state index in [1.165, 1.54) is 6.92 Å². The highest BCUT2D eigenvalue weighted by molar-refractivity contribution is 6.00. The van der Waals surface area contributed by atoms with Crippen molar-refractivity contribution in [1.82, 2.24) is 4.57 Å². The molecule has 3 aromatic rings. The van der Waals surface area contributed by atoms with Crippen LogP contribution in [-0.2, 0) is 4.79 Å². The number of hydrogen-bond acceptors (Lipinski definition) is 3. The molecule has 0 radical (unpaired) electrons. The van der Waals surface area contributed by atoms with Crippen molar-refractivity contribution in [2.75, 3.05) is 5.32 Å². The number of Topliss-reactive ketones (excluding diaryl/α,β-unsaturated/α-hetero) is 1. The minimum atomic E-state index is -0.645.